The second-order valence-corrected chi connectivity index (χ2v) is 6.76. The third-order valence-corrected chi connectivity index (χ3v) is 4.44. The summed E-state index contributed by atoms with van der Waals surface area (Å²) in [4.78, 5) is 29.9. The molecule has 1 aliphatic heterocycles. The molecule has 0 aliphatic carbocycles. The number of aromatic nitrogens is 1. The lowest BCUT2D eigenvalue weighted by Crippen LogP contribution is -2.55. The van der Waals surface area contributed by atoms with Crippen LogP contribution in [0, 0.1) is 0 Å². The topological polar surface area (TPSA) is 83.6 Å². The Bertz CT molecular complexity index is 749. The predicted octanol–water partition coefficient (Wildman–Crippen LogP) is 3.23. The number of hydrogen-bond acceptors (Lipinski definition) is 6. The number of ether oxygens (including phenoxy) is 1. The lowest BCUT2D eigenvalue weighted by Gasteiger charge is -2.38. The maximum atomic E-state index is 12.4. The van der Waals surface area contributed by atoms with E-state index in [1.807, 2.05) is 12.1 Å². The number of benzene rings is 1. The zero-order valence-corrected chi connectivity index (χ0v) is 15.2. The predicted molar refractivity (Wildman–Crippen MR) is 102 cm³/mol. The average molecular weight is 372 g/mol. The lowest BCUT2D eigenvalue weighted by atomic mass is 10.1. The van der Waals surface area contributed by atoms with Crippen molar-refractivity contribution >= 4 is 35.5 Å². The van der Waals surface area contributed by atoms with E-state index in [4.69, 9.17) is 4.74 Å². The van der Waals surface area contributed by atoms with Gasteiger partial charge in [-0.15, -0.1) is 0 Å². The summed E-state index contributed by atoms with van der Waals surface area (Å²) < 4.78 is 8.46. The van der Waals surface area contributed by atoms with Crippen LogP contribution in [0.15, 0.2) is 48.7 Å². The van der Waals surface area contributed by atoms with Crippen molar-refractivity contribution in [1.82, 2.24) is 9.88 Å². The number of hydrogen-bond donors (Lipinski definition) is 2. The number of likely N-dealkylation sites (tertiary alicyclic amines) is 1. The van der Waals surface area contributed by atoms with Gasteiger partial charge in [-0.25, -0.2) is 9.78 Å². The summed E-state index contributed by atoms with van der Waals surface area (Å²) in [6.07, 6.45) is 0.718. The molecule has 0 spiro atoms. The number of rotatable bonds is 6. The van der Waals surface area contributed by atoms with E-state index in [-0.39, 0.29) is 12.0 Å². The third kappa shape index (κ3) is 4.66. The molecular formula is C18H20N4O3S. The Hall–Kier alpha value is -2.74. The Labute approximate surface area is 156 Å². The van der Waals surface area contributed by atoms with Crippen LogP contribution >= 0.6 is 11.9 Å². The molecule has 3 rings (SSSR count). The smallest absolute Gasteiger partial charge is 0.413 e. The fourth-order valence-electron chi connectivity index (χ4n) is 2.42. The van der Waals surface area contributed by atoms with Crippen molar-refractivity contribution < 1.29 is 14.3 Å². The first kappa shape index (κ1) is 18.1. The van der Waals surface area contributed by atoms with Gasteiger partial charge in [-0.1, -0.05) is 24.9 Å². The summed E-state index contributed by atoms with van der Waals surface area (Å²) in [5, 5.41) is 2.56. The van der Waals surface area contributed by atoms with Crippen LogP contribution in [0.3, 0.4) is 0 Å². The summed E-state index contributed by atoms with van der Waals surface area (Å²) in [6.45, 7) is 2.84. The molecule has 1 aliphatic rings. The van der Waals surface area contributed by atoms with Crippen LogP contribution in [-0.4, -0.2) is 46.8 Å². The highest BCUT2D eigenvalue weighted by Gasteiger charge is 2.34. The van der Waals surface area contributed by atoms with E-state index in [1.54, 1.807) is 53.4 Å². The molecule has 2 N–H and O–H groups in total. The van der Waals surface area contributed by atoms with Gasteiger partial charge < -0.3 is 14.4 Å². The summed E-state index contributed by atoms with van der Waals surface area (Å²) in [5.74, 6) is 1.33. The van der Waals surface area contributed by atoms with Crippen molar-refractivity contribution in [1.29, 1.82) is 0 Å². The molecule has 0 atom stereocenters. The Kier molecular flexibility index (Phi) is 5.96. The molecule has 1 aromatic carbocycles. The van der Waals surface area contributed by atoms with Gasteiger partial charge >= 0.3 is 6.09 Å². The Morgan fingerprint density at radius 1 is 1.23 bits per heavy atom. The van der Waals surface area contributed by atoms with E-state index in [9.17, 15) is 9.59 Å². The van der Waals surface area contributed by atoms with Crippen LogP contribution in [-0.2, 0) is 4.74 Å². The Balaban J connectivity index is 1.44. The van der Waals surface area contributed by atoms with E-state index in [0.29, 0.717) is 24.5 Å². The van der Waals surface area contributed by atoms with Gasteiger partial charge in [0.1, 0.15) is 11.9 Å². The largest absolute Gasteiger partial charge is 0.442 e. The summed E-state index contributed by atoms with van der Waals surface area (Å²) in [7, 11) is 0. The van der Waals surface area contributed by atoms with Crippen molar-refractivity contribution in [2.75, 3.05) is 28.9 Å². The molecule has 26 heavy (non-hydrogen) atoms. The van der Waals surface area contributed by atoms with Crippen molar-refractivity contribution in [3.63, 3.8) is 0 Å². The van der Waals surface area contributed by atoms with Crippen LogP contribution in [0.1, 0.15) is 17.3 Å². The number of anilines is 2. The highest BCUT2D eigenvalue weighted by molar-refractivity contribution is 8.00. The molecule has 2 aromatic rings. The van der Waals surface area contributed by atoms with Gasteiger partial charge in [0, 0.05) is 23.2 Å². The number of carbonyl (C=O) groups is 2. The maximum Gasteiger partial charge on any atom is 0.413 e. The molecule has 2 heterocycles. The van der Waals surface area contributed by atoms with Crippen molar-refractivity contribution in [2.45, 2.75) is 13.0 Å². The Morgan fingerprint density at radius 2 is 2.00 bits per heavy atom. The number of pyridine rings is 1. The van der Waals surface area contributed by atoms with Gasteiger partial charge in [-0.2, -0.15) is 0 Å². The van der Waals surface area contributed by atoms with E-state index in [2.05, 4.69) is 21.9 Å². The fraction of sp³-hybridized carbons (Fsp3) is 0.278. The van der Waals surface area contributed by atoms with Crippen LogP contribution in [0.25, 0.3) is 0 Å². The second kappa shape index (κ2) is 8.57. The molecule has 0 saturated carbocycles. The number of nitrogens with one attached hydrogen (secondary N) is 2. The molecule has 0 radical (unpaired) electrons. The van der Waals surface area contributed by atoms with Gasteiger partial charge in [0.05, 0.1) is 13.1 Å². The molecule has 8 heteroatoms. The second-order valence-electron chi connectivity index (χ2n) is 5.69. The molecule has 1 fully saturated rings. The molecule has 0 bridgehead atoms. The van der Waals surface area contributed by atoms with E-state index in [0.717, 1.165) is 11.4 Å². The zero-order chi connectivity index (χ0) is 18.4. The minimum absolute atomic E-state index is 0.0651. The standard InChI is InChI=1S/C18H20N4O3S/c1-2-26-21-14-8-6-13(7-9-14)17(23)22-11-15(12-22)25-18(24)20-16-5-3-4-10-19-16/h3-10,15,21H,2,11-12H2,1H3,(H,19,20,24). The Morgan fingerprint density at radius 3 is 2.65 bits per heavy atom. The number of nitrogens with zero attached hydrogens (tertiary/aromatic N) is 2. The first-order valence-electron chi connectivity index (χ1n) is 8.31. The maximum absolute atomic E-state index is 12.4. The van der Waals surface area contributed by atoms with Gasteiger partial charge in [0.25, 0.3) is 5.91 Å². The summed E-state index contributed by atoms with van der Waals surface area (Å²) in [6, 6.07) is 12.6. The van der Waals surface area contributed by atoms with E-state index >= 15 is 0 Å². The third-order valence-electron chi connectivity index (χ3n) is 3.77. The normalized spacial score (nSPS) is 13.7. The van der Waals surface area contributed by atoms with Crippen LogP contribution in [0.2, 0.25) is 0 Å². The minimum atomic E-state index is -0.565. The molecule has 2 amide bonds. The van der Waals surface area contributed by atoms with Crippen molar-refractivity contribution in [3.8, 4) is 0 Å². The molecule has 1 aromatic heterocycles. The fourth-order valence-corrected chi connectivity index (χ4v) is 2.87. The quantitative estimate of drug-likeness (QED) is 0.758. The van der Waals surface area contributed by atoms with Gasteiger partial charge in [0.2, 0.25) is 0 Å². The van der Waals surface area contributed by atoms with Crippen LogP contribution in [0.5, 0.6) is 0 Å². The SMILES string of the molecule is CCSNc1ccc(C(=O)N2CC(OC(=O)Nc3ccccn3)C2)cc1. The average Bonchev–Trinajstić information content (AvgIpc) is 2.63. The lowest BCUT2D eigenvalue weighted by molar-refractivity contribution is -0.00207. The first-order valence-corrected chi connectivity index (χ1v) is 9.30. The van der Waals surface area contributed by atoms with Crippen LogP contribution in [0.4, 0.5) is 16.3 Å². The minimum Gasteiger partial charge on any atom is -0.442 e. The molecule has 0 unspecified atom stereocenters. The first-order chi connectivity index (χ1) is 12.7. The van der Waals surface area contributed by atoms with Crippen LogP contribution < -0.4 is 10.0 Å². The molecule has 7 nitrogen and oxygen atoms in total. The summed E-state index contributed by atoms with van der Waals surface area (Å²) >= 11 is 1.60. The zero-order valence-electron chi connectivity index (χ0n) is 14.3. The van der Waals surface area contributed by atoms with Crippen molar-refractivity contribution in [2.24, 2.45) is 0 Å². The molecule has 136 valence electrons. The van der Waals surface area contributed by atoms with Gasteiger partial charge in [-0.05, 0) is 36.4 Å². The van der Waals surface area contributed by atoms with E-state index in [1.165, 1.54) is 0 Å². The highest BCUT2D eigenvalue weighted by atomic mass is 32.2. The molecule has 1 saturated heterocycles. The van der Waals surface area contributed by atoms with E-state index < -0.39 is 6.09 Å². The number of amides is 2. The summed E-state index contributed by atoms with van der Waals surface area (Å²) in [5.41, 5.74) is 1.58. The van der Waals surface area contributed by atoms with Gasteiger partial charge in [-0.3, -0.25) is 10.1 Å². The number of carbonyl (C=O) groups excluding carboxylic acids is 2. The highest BCUT2D eigenvalue weighted by Crippen LogP contribution is 2.19. The van der Waals surface area contributed by atoms with Crippen molar-refractivity contribution in [3.05, 3.63) is 54.2 Å². The monoisotopic (exact) mass is 372 g/mol. The molecular weight excluding hydrogens is 352 g/mol. The van der Waals surface area contributed by atoms with Gasteiger partial charge in [0.15, 0.2) is 0 Å².